The van der Waals surface area contributed by atoms with Crippen LogP contribution >= 0.6 is 11.8 Å². The summed E-state index contributed by atoms with van der Waals surface area (Å²) in [5.41, 5.74) is 1.36. The summed E-state index contributed by atoms with van der Waals surface area (Å²) in [5.74, 6) is 1.78. The number of methoxy groups -OCH3 is 1. The number of anilines is 1. The van der Waals surface area contributed by atoms with Gasteiger partial charge < -0.3 is 14.5 Å². The van der Waals surface area contributed by atoms with Gasteiger partial charge in [-0.05, 0) is 62.8 Å². The second-order valence-electron chi connectivity index (χ2n) is 8.68. The van der Waals surface area contributed by atoms with E-state index in [-0.39, 0.29) is 0 Å². The van der Waals surface area contributed by atoms with Crippen molar-refractivity contribution in [2.24, 2.45) is 0 Å². The fraction of sp³-hybridized carbons (Fsp3) is 0.407. The van der Waals surface area contributed by atoms with Gasteiger partial charge in [-0.2, -0.15) is 0 Å². The van der Waals surface area contributed by atoms with Crippen molar-refractivity contribution in [1.82, 2.24) is 19.8 Å². The molecule has 0 aliphatic carbocycles. The van der Waals surface area contributed by atoms with Crippen LogP contribution in [0.3, 0.4) is 0 Å². The molecule has 0 saturated carbocycles. The molecule has 180 valence electrons. The van der Waals surface area contributed by atoms with Crippen LogP contribution < -0.4 is 9.64 Å². The number of rotatable bonds is 11. The molecule has 0 unspecified atom stereocenters. The summed E-state index contributed by atoms with van der Waals surface area (Å²) < 4.78 is 5.54. The van der Waals surface area contributed by atoms with Gasteiger partial charge in [0, 0.05) is 50.0 Å². The molecule has 1 aromatic heterocycles. The predicted octanol–water partition coefficient (Wildman–Crippen LogP) is 4.67. The Labute approximate surface area is 208 Å². The summed E-state index contributed by atoms with van der Waals surface area (Å²) in [6.07, 6.45) is 6.08. The fourth-order valence-electron chi connectivity index (χ4n) is 4.27. The number of benzene rings is 2. The zero-order valence-electron chi connectivity index (χ0n) is 20.3. The largest absolute Gasteiger partial charge is 0.496 e. The fourth-order valence-corrected chi connectivity index (χ4v) is 5.31. The van der Waals surface area contributed by atoms with E-state index in [9.17, 15) is 0 Å². The van der Waals surface area contributed by atoms with Crippen molar-refractivity contribution in [2.75, 3.05) is 58.3 Å². The van der Waals surface area contributed by atoms with Gasteiger partial charge in [-0.15, -0.1) is 0 Å². The van der Waals surface area contributed by atoms with E-state index >= 15 is 0 Å². The molecule has 0 amide bonds. The summed E-state index contributed by atoms with van der Waals surface area (Å²) >= 11 is 1.78. The quantitative estimate of drug-likeness (QED) is 0.372. The lowest BCUT2D eigenvalue weighted by atomic mass is 10.2. The zero-order chi connectivity index (χ0) is 23.6. The van der Waals surface area contributed by atoms with Crippen molar-refractivity contribution < 1.29 is 4.74 Å². The second-order valence-corrected chi connectivity index (χ2v) is 9.77. The Hall–Kier alpha value is -2.61. The van der Waals surface area contributed by atoms with E-state index in [4.69, 9.17) is 4.74 Å². The van der Waals surface area contributed by atoms with Crippen LogP contribution in [-0.2, 0) is 6.54 Å². The topological polar surface area (TPSA) is 44.7 Å². The molecule has 2 heterocycles. The molecule has 1 aliphatic rings. The molecule has 0 atom stereocenters. The number of aromatic nitrogens is 2. The smallest absolute Gasteiger partial charge is 0.225 e. The highest BCUT2D eigenvalue weighted by Crippen LogP contribution is 2.36. The Morgan fingerprint density at radius 1 is 0.882 bits per heavy atom. The SMILES string of the molecule is COc1ccccc1Sc1ccccc1CN(C)CCCCN1CCN(c2ncccn2)CC1. The molecule has 0 spiro atoms. The number of hydrogen-bond donors (Lipinski definition) is 0. The van der Waals surface area contributed by atoms with Crippen molar-refractivity contribution in [2.45, 2.75) is 29.2 Å². The van der Waals surface area contributed by atoms with Gasteiger partial charge in [0.2, 0.25) is 5.95 Å². The zero-order valence-corrected chi connectivity index (χ0v) is 21.1. The number of unbranched alkanes of at least 4 members (excludes halogenated alkanes) is 1. The minimum absolute atomic E-state index is 0.855. The van der Waals surface area contributed by atoms with Crippen LogP contribution in [0.4, 0.5) is 5.95 Å². The molecule has 3 aromatic rings. The van der Waals surface area contributed by atoms with Crippen LogP contribution in [0.5, 0.6) is 5.75 Å². The second kappa shape index (κ2) is 12.7. The maximum Gasteiger partial charge on any atom is 0.225 e. The lowest BCUT2D eigenvalue weighted by molar-refractivity contribution is 0.241. The molecule has 4 rings (SSSR count). The predicted molar refractivity (Wildman–Crippen MR) is 140 cm³/mol. The summed E-state index contributed by atoms with van der Waals surface area (Å²) in [4.78, 5) is 18.5. The molecule has 1 aliphatic heterocycles. The molecule has 1 saturated heterocycles. The van der Waals surface area contributed by atoms with Crippen molar-refractivity contribution in [3.63, 3.8) is 0 Å². The van der Waals surface area contributed by atoms with E-state index in [0.717, 1.165) is 62.4 Å². The number of para-hydroxylation sites is 1. The Morgan fingerprint density at radius 2 is 1.59 bits per heavy atom. The van der Waals surface area contributed by atoms with Crippen LogP contribution in [0.15, 0.2) is 76.8 Å². The third kappa shape index (κ3) is 6.95. The number of piperazine rings is 1. The first kappa shape index (κ1) is 24.5. The molecule has 1 fully saturated rings. The number of nitrogens with zero attached hydrogens (tertiary/aromatic N) is 5. The van der Waals surface area contributed by atoms with Crippen LogP contribution in [0.2, 0.25) is 0 Å². The van der Waals surface area contributed by atoms with E-state index in [1.165, 1.54) is 23.3 Å². The first-order chi connectivity index (χ1) is 16.7. The average Bonchev–Trinajstić information content (AvgIpc) is 2.89. The van der Waals surface area contributed by atoms with Crippen LogP contribution in [0.25, 0.3) is 0 Å². The van der Waals surface area contributed by atoms with E-state index in [2.05, 4.69) is 68.1 Å². The third-order valence-corrected chi connectivity index (χ3v) is 7.35. The lowest BCUT2D eigenvalue weighted by Gasteiger charge is -2.34. The van der Waals surface area contributed by atoms with E-state index in [1.54, 1.807) is 18.9 Å². The monoisotopic (exact) mass is 477 g/mol. The van der Waals surface area contributed by atoms with Gasteiger partial charge >= 0.3 is 0 Å². The Balaban J connectivity index is 1.19. The summed E-state index contributed by atoms with van der Waals surface area (Å²) in [7, 11) is 3.96. The van der Waals surface area contributed by atoms with Crippen molar-refractivity contribution >= 4 is 17.7 Å². The Kier molecular flexibility index (Phi) is 9.19. The highest BCUT2D eigenvalue weighted by atomic mass is 32.2. The van der Waals surface area contributed by atoms with Gasteiger partial charge in [-0.3, -0.25) is 4.90 Å². The first-order valence-electron chi connectivity index (χ1n) is 12.0. The van der Waals surface area contributed by atoms with Crippen LogP contribution in [0, 0.1) is 0 Å². The highest BCUT2D eigenvalue weighted by molar-refractivity contribution is 7.99. The summed E-state index contributed by atoms with van der Waals surface area (Å²) in [6.45, 7) is 7.40. The number of hydrogen-bond acceptors (Lipinski definition) is 7. The van der Waals surface area contributed by atoms with Crippen molar-refractivity contribution in [3.8, 4) is 5.75 Å². The Morgan fingerprint density at radius 3 is 2.35 bits per heavy atom. The molecule has 0 radical (unpaired) electrons. The molecular formula is C27H35N5OS. The van der Waals surface area contributed by atoms with E-state index in [1.807, 2.05) is 30.6 Å². The van der Waals surface area contributed by atoms with Gasteiger partial charge in [0.25, 0.3) is 0 Å². The lowest BCUT2D eigenvalue weighted by Crippen LogP contribution is -2.47. The molecule has 0 N–H and O–H groups in total. The minimum Gasteiger partial charge on any atom is -0.496 e. The van der Waals surface area contributed by atoms with Crippen LogP contribution in [0.1, 0.15) is 18.4 Å². The molecule has 0 bridgehead atoms. The van der Waals surface area contributed by atoms with Crippen molar-refractivity contribution in [3.05, 3.63) is 72.6 Å². The molecule has 2 aromatic carbocycles. The molecule has 7 heteroatoms. The highest BCUT2D eigenvalue weighted by Gasteiger charge is 2.18. The van der Waals surface area contributed by atoms with Crippen LogP contribution in [-0.4, -0.2) is 73.2 Å². The van der Waals surface area contributed by atoms with Gasteiger partial charge in [-0.25, -0.2) is 9.97 Å². The van der Waals surface area contributed by atoms with E-state index < -0.39 is 0 Å². The van der Waals surface area contributed by atoms with Gasteiger partial charge in [-0.1, -0.05) is 42.1 Å². The number of ether oxygens (including phenoxy) is 1. The van der Waals surface area contributed by atoms with Crippen molar-refractivity contribution in [1.29, 1.82) is 0 Å². The summed E-state index contributed by atoms with van der Waals surface area (Å²) in [6, 6.07) is 18.8. The van der Waals surface area contributed by atoms with Gasteiger partial charge in [0.15, 0.2) is 0 Å². The molecule has 6 nitrogen and oxygen atoms in total. The minimum atomic E-state index is 0.855. The average molecular weight is 478 g/mol. The normalized spacial score (nSPS) is 14.5. The maximum atomic E-state index is 5.54. The molecular weight excluding hydrogens is 442 g/mol. The standard InChI is InChI=1S/C27H35N5OS/c1-30(16-7-8-17-31-18-20-32(21-19-31)27-28-14-9-15-29-27)22-23-10-3-5-12-25(23)34-26-13-6-4-11-24(26)33-2/h3-6,9-15H,7-8,16-22H2,1-2H3. The summed E-state index contributed by atoms with van der Waals surface area (Å²) in [5, 5.41) is 0. The third-order valence-electron chi connectivity index (χ3n) is 6.17. The van der Waals surface area contributed by atoms with Gasteiger partial charge in [0.05, 0.1) is 12.0 Å². The Bertz CT molecular complexity index is 1010. The van der Waals surface area contributed by atoms with Gasteiger partial charge in [0.1, 0.15) is 5.75 Å². The van der Waals surface area contributed by atoms with E-state index in [0.29, 0.717) is 0 Å². The maximum absolute atomic E-state index is 5.54. The first-order valence-corrected chi connectivity index (χ1v) is 12.9. The molecule has 34 heavy (non-hydrogen) atoms.